The van der Waals surface area contributed by atoms with E-state index in [9.17, 15) is 0 Å². The Hall–Kier alpha value is -0.860. The van der Waals surface area contributed by atoms with Crippen molar-refractivity contribution in [3.63, 3.8) is 0 Å². The van der Waals surface area contributed by atoms with Crippen molar-refractivity contribution < 1.29 is 0 Å². The molecule has 1 atom stereocenters. The quantitative estimate of drug-likeness (QED) is 0.765. The van der Waals surface area contributed by atoms with Crippen molar-refractivity contribution in [3.8, 4) is 0 Å². The van der Waals surface area contributed by atoms with Crippen LogP contribution in [0, 0.1) is 5.92 Å². The molecule has 110 valence electrons. The molecule has 0 bridgehead atoms. The van der Waals surface area contributed by atoms with Gasteiger partial charge in [0, 0.05) is 19.1 Å². The Balaban J connectivity index is 1.37. The number of hydrogen-bond donors (Lipinski definition) is 1. The van der Waals surface area contributed by atoms with Crippen LogP contribution in [0.3, 0.4) is 0 Å². The van der Waals surface area contributed by atoms with Gasteiger partial charge in [-0.25, -0.2) is 0 Å². The number of benzene rings is 1. The Morgan fingerprint density at radius 3 is 2.75 bits per heavy atom. The monoisotopic (exact) mass is 272 g/mol. The van der Waals surface area contributed by atoms with Crippen molar-refractivity contribution in [3.05, 3.63) is 35.9 Å². The maximum absolute atomic E-state index is 3.63. The summed E-state index contributed by atoms with van der Waals surface area (Å²) in [5.41, 5.74) is 1.46. The summed E-state index contributed by atoms with van der Waals surface area (Å²) in [5.74, 6) is 0.925. The highest BCUT2D eigenvalue weighted by Gasteiger charge is 2.21. The lowest BCUT2D eigenvalue weighted by Gasteiger charge is -2.32. The third-order valence-corrected chi connectivity index (χ3v) is 4.65. The second-order valence-corrected chi connectivity index (χ2v) is 6.60. The summed E-state index contributed by atoms with van der Waals surface area (Å²) in [5, 5.41) is 3.63. The van der Waals surface area contributed by atoms with Gasteiger partial charge in [-0.15, -0.1) is 0 Å². The van der Waals surface area contributed by atoms with Crippen LogP contribution < -0.4 is 5.32 Å². The van der Waals surface area contributed by atoms with Gasteiger partial charge in [-0.05, 0) is 63.1 Å². The highest BCUT2D eigenvalue weighted by molar-refractivity contribution is 5.14. The molecule has 0 aromatic heterocycles. The van der Waals surface area contributed by atoms with Crippen molar-refractivity contribution in [2.45, 2.75) is 51.1 Å². The third-order valence-electron chi connectivity index (χ3n) is 4.65. The molecule has 0 radical (unpaired) electrons. The molecule has 0 spiro atoms. The molecule has 2 fully saturated rings. The van der Waals surface area contributed by atoms with Crippen molar-refractivity contribution in [2.75, 3.05) is 19.6 Å². The number of piperidine rings is 1. The molecule has 0 unspecified atom stereocenters. The highest BCUT2D eigenvalue weighted by atomic mass is 15.1. The van der Waals surface area contributed by atoms with Crippen molar-refractivity contribution in [2.24, 2.45) is 5.92 Å². The van der Waals surface area contributed by atoms with Gasteiger partial charge in [-0.3, -0.25) is 4.90 Å². The van der Waals surface area contributed by atoms with E-state index in [1.54, 1.807) is 0 Å². The van der Waals surface area contributed by atoms with E-state index in [0.717, 1.165) is 18.5 Å². The van der Waals surface area contributed by atoms with Crippen LogP contribution in [0.1, 0.15) is 44.1 Å². The fourth-order valence-electron chi connectivity index (χ4n) is 3.36. The molecule has 1 aromatic rings. The van der Waals surface area contributed by atoms with Crippen molar-refractivity contribution in [1.29, 1.82) is 0 Å². The first-order valence-electron chi connectivity index (χ1n) is 8.40. The van der Waals surface area contributed by atoms with Crippen LogP contribution in [0.5, 0.6) is 0 Å². The molecular weight excluding hydrogens is 244 g/mol. The molecule has 1 aliphatic carbocycles. The van der Waals surface area contributed by atoms with E-state index in [1.165, 1.54) is 63.7 Å². The molecule has 2 nitrogen and oxygen atoms in total. The molecule has 20 heavy (non-hydrogen) atoms. The maximum atomic E-state index is 3.63. The first-order chi connectivity index (χ1) is 9.90. The van der Waals surface area contributed by atoms with Gasteiger partial charge in [0.25, 0.3) is 0 Å². The van der Waals surface area contributed by atoms with Crippen molar-refractivity contribution in [1.82, 2.24) is 10.2 Å². The lowest BCUT2D eigenvalue weighted by Crippen LogP contribution is -2.35. The van der Waals surface area contributed by atoms with Crippen LogP contribution in [0.4, 0.5) is 0 Å². The number of rotatable bonds is 7. The van der Waals surface area contributed by atoms with Gasteiger partial charge in [0.1, 0.15) is 0 Å². The van der Waals surface area contributed by atoms with Crippen LogP contribution in [-0.4, -0.2) is 30.6 Å². The number of likely N-dealkylation sites (tertiary alicyclic amines) is 1. The molecule has 1 heterocycles. The van der Waals surface area contributed by atoms with E-state index in [1.807, 2.05) is 0 Å². The average molecular weight is 272 g/mol. The second-order valence-electron chi connectivity index (χ2n) is 6.60. The first-order valence-corrected chi connectivity index (χ1v) is 8.40. The summed E-state index contributed by atoms with van der Waals surface area (Å²) < 4.78 is 0. The van der Waals surface area contributed by atoms with E-state index < -0.39 is 0 Å². The zero-order valence-electron chi connectivity index (χ0n) is 12.6. The molecule has 1 N–H and O–H groups in total. The largest absolute Gasteiger partial charge is 0.314 e. The van der Waals surface area contributed by atoms with Crippen molar-refractivity contribution >= 4 is 0 Å². The predicted molar refractivity (Wildman–Crippen MR) is 84.7 cm³/mol. The predicted octanol–water partition coefficient (Wildman–Crippen LogP) is 3.43. The molecule has 2 aliphatic rings. The Kier molecular flexibility index (Phi) is 5.10. The van der Waals surface area contributed by atoms with Crippen LogP contribution in [0.25, 0.3) is 0 Å². The summed E-state index contributed by atoms with van der Waals surface area (Å²) in [4.78, 5) is 2.65. The molecule has 1 saturated carbocycles. The summed E-state index contributed by atoms with van der Waals surface area (Å²) in [6, 6.07) is 11.8. The maximum Gasteiger partial charge on any atom is 0.0233 e. The smallest absolute Gasteiger partial charge is 0.0233 e. The number of hydrogen-bond acceptors (Lipinski definition) is 2. The standard InChI is InChI=1S/C18H28N2/c1-2-6-16(7-3-1)14-20-13-5-9-17(15-20)8-4-12-19-18-10-11-18/h1-3,6-7,17-19H,4-5,8-15H2/t17-/m0/s1. The molecule has 3 rings (SSSR count). The number of nitrogens with zero attached hydrogens (tertiary/aromatic N) is 1. The molecular formula is C18H28N2. The minimum Gasteiger partial charge on any atom is -0.314 e. The fraction of sp³-hybridized carbons (Fsp3) is 0.667. The minimum atomic E-state index is 0.871. The molecule has 1 aliphatic heterocycles. The SMILES string of the molecule is c1ccc(CN2CCC[C@H](CCCNC3CC3)C2)cc1. The zero-order chi connectivity index (χ0) is 13.6. The lowest BCUT2D eigenvalue weighted by molar-refractivity contribution is 0.160. The summed E-state index contributed by atoms with van der Waals surface area (Å²) in [6.45, 7) is 4.96. The van der Waals surface area contributed by atoms with Crippen LogP contribution in [0.15, 0.2) is 30.3 Å². The first kappa shape index (κ1) is 14.1. The van der Waals surface area contributed by atoms with Gasteiger partial charge in [0.15, 0.2) is 0 Å². The molecule has 1 aromatic carbocycles. The van der Waals surface area contributed by atoms with Gasteiger partial charge >= 0.3 is 0 Å². The van der Waals surface area contributed by atoms with Gasteiger partial charge in [0.2, 0.25) is 0 Å². The van der Waals surface area contributed by atoms with E-state index in [0.29, 0.717) is 0 Å². The second kappa shape index (κ2) is 7.24. The van der Waals surface area contributed by atoms with Crippen LogP contribution in [-0.2, 0) is 6.54 Å². The Bertz CT molecular complexity index is 386. The lowest BCUT2D eigenvalue weighted by atomic mass is 9.93. The average Bonchev–Trinajstić information content (AvgIpc) is 3.29. The molecule has 1 saturated heterocycles. The Morgan fingerprint density at radius 2 is 1.95 bits per heavy atom. The normalized spacial score (nSPS) is 23.9. The zero-order valence-corrected chi connectivity index (χ0v) is 12.6. The van der Waals surface area contributed by atoms with E-state index in [2.05, 4.69) is 40.5 Å². The summed E-state index contributed by atoms with van der Waals surface area (Å²) in [6.07, 6.45) is 8.41. The highest BCUT2D eigenvalue weighted by Crippen LogP contribution is 2.23. The van der Waals surface area contributed by atoms with Gasteiger partial charge < -0.3 is 5.32 Å². The van der Waals surface area contributed by atoms with Crippen LogP contribution in [0.2, 0.25) is 0 Å². The Morgan fingerprint density at radius 1 is 1.10 bits per heavy atom. The Labute approximate surface area is 123 Å². The third kappa shape index (κ3) is 4.60. The minimum absolute atomic E-state index is 0.871. The van der Waals surface area contributed by atoms with E-state index >= 15 is 0 Å². The van der Waals surface area contributed by atoms with Gasteiger partial charge in [-0.2, -0.15) is 0 Å². The fourth-order valence-corrected chi connectivity index (χ4v) is 3.36. The van der Waals surface area contributed by atoms with Gasteiger partial charge in [0.05, 0.1) is 0 Å². The topological polar surface area (TPSA) is 15.3 Å². The van der Waals surface area contributed by atoms with E-state index in [-0.39, 0.29) is 0 Å². The van der Waals surface area contributed by atoms with E-state index in [4.69, 9.17) is 0 Å². The van der Waals surface area contributed by atoms with Crippen LogP contribution >= 0.6 is 0 Å². The molecule has 2 heteroatoms. The molecule has 0 amide bonds. The summed E-state index contributed by atoms with van der Waals surface area (Å²) >= 11 is 0. The van der Waals surface area contributed by atoms with Gasteiger partial charge in [-0.1, -0.05) is 30.3 Å². The number of nitrogens with one attached hydrogen (secondary N) is 1. The summed E-state index contributed by atoms with van der Waals surface area (Å²) in [7, 11) is 0.